The van der Waals surface area contributed by atoms with Crippen molar-refractivity contribution < 1.29 is 0 Å². The third-order valence-corrected chi connectivity index (χ3v) is 4.32. The molecule has 0 saturated carbocycles. The summed E-state index contributed by atoms with van der Waals surface area (Å²) in [4.78, 5) is 10.3. The van der Waals surface area contributed by atoms with Gasteiger partial charge in [0, 0.05) is 16.4 Å². The van der Waals surface area contributed by atoms with Crippen molar-refractivity contribution in [2.75, 3.05) is 11.1 Å². The molecule has 2 rings (SSSR count). The SMILES string of the molecule is CCc1ccsc1CNc1nc(C(C)C)nc(N)c1C. The Balaban J connectivity index is 2.21. The Kier molecular flexibility index (Phi) is 4.60. The zero-order chi connectivity index (χ0) is 14.7. The van der Waals surface area contributed by atoms with Crippen LogP contribution in [0.5, 0.6) is 0 Å². The van der Waals surface area contributed by atoms with Gasteiger partial charge in [0.25, 0.3) is 0 Å². The Morgan fingerprint density at radius 3 is 2.75 bits per heavy atom. The second-order valence-electron chi connectivity index (χ2n) is 5.17. The maximum Gasteiger partial charge on any atom is 0.135 e. The van der Waals surface area contributed by atoms with E-state index in [-0.39, 0.29) is 5.92 Å². The monoisotopic (exact) mass is 290 g/mol. The fraction of sp³-hybridized carbons (Fsp3) is 0.467. The number of nitrogens with two attached hydrogens (primary N) is 1. The molecule has 0 bridgehead atoms. The van der Waals surface area contributed by atoms with E-state index < -0.39 is 0 Å². The van der Waals surface area contributed by atoms with E-state index in [1.165, 1.54) is 10.4 Å². The van der Waals surface area contributed by atoms with E-state index in [2.05, 4.69) is 47.5 Å². The lowest BCUT2D eigenvalue weighted by Crippen LogP contribution is -2.10. The van der Waals surface area contributed by atoms with Gasteiger partial charge in [0.1, 0.15) is 17.5 Å². The Labute approximate surface area is 124 Å². The summed E-state index contributed by atoms with van der Waals surface area (Å²) in [6, 6.07) is 2.18. The van der Waals surface area contributed by atoms with Crippen LogP contribution in [-0.2, 0) is 13.0 Å². The van der Waals surface area contributed by atoms with Crippen molar-refractivity contribution in [3.05, 3.63) is 33.3 Å². The Morgan fingerprint density at radius 1 is 1.35 bits per heavy atom. The van der Waals surface area contributed by atoms with Gasteiger partial charge in [0.15, 0.2) is 0 Å². The molecule has 0 fully saturated rings. The first-order chi connectivity index (χ1) is 9.52. The highest BCUT2D eigenvalue weighted by atomic mass is 32.1. The first-order valence-corrected chi connectivity index (χ1v) is 7.84. The van der Waals surface area contributed by atoms with E-state index in [1.54, 1.807) is 11.3 Å². The van der Waals surface area contributed by atoms with Crippen LogP contribution in [0.4, 0.5) is 11.6 Å². The van der Waals surface area contributed by atoms with E-state index in [9.17, 15) is 0 Å². The number of nitrogens with one attached hydrogen (secondary N) is 1. The molecule has 3 N–H and O–H groups in total. The van der Waals surface area contributed by atoms with Crippen LogP contribution in [0, 0.1) is 6.92 Å². The number of hydrogen-bond donors (Lipinski definition) is 2. The normalized spacial score (nSPS) is 11.1. The van der Waals surface area contributed by atoms with Crippen LogP contribution >= 0.6 is 11.3 Å². The Morgan fingerprint density at radius 2 is 2.10 bits per heavy atom. The fourth-order valence-corrected chi connectivity index (χ4v) is 2.90. The molecule has 108 valence electrons. The van der Waals surface area contributed by atoms with Crippen molar-refractivity contribution in [1.82, 2.24) is 9.97 Å². The summed E-state index contributed by atoms with van der Waals surface area (Å²) in [5.41, 5.74) is 8.29. The molecular formula is C15H22N4S. The molecule has 20 heavy (non-hydrogen) atoms. The highest BCUT2D eigenvalue weighted by molar-refractivity contribution is 7.10. The van der Waals surface area contributed by atoms with E-state index >= 15 is 0 Å². The molecule has 0 spiro atoms. The maximum atomic E-state index is 5.98. The van der Waals surface area contributed by atoms with Crippen molar-refractivity contribution in [2.24, 2.45) is 0 Å². The van der Waals surface area contributed by atoms with Crippen molar-refractivity contribution in [3.63, 3.8) is 0 Å². The number of rotatable bonds is 5. The average molecular weight is 290 g/mol. The van der Waals surface area contributed by atoms with Crippen molar-refractivity contribution in [3.8, 4) is 0 Å². The zero-order valence-corrected chi connectivity index (χ0v) is 13.3. The summed E-state index contributed by atoms with van der Waals surface area (Å²) in [6.45, 7) is 9.06. The molecule has 0 aliphatic heterocycles. The topological polar surface area (TPSA) is 63.8 Å². The molecule has 0 aliphatic carbocycles. The Hall–Kier alpha value is -1.62. The van der Waals surface area contributed by atoms with Crippen LogP contribution in [0.1, 0.15) is 48.5 Å². The first kappa shape index (κ1) is 14.8. The van der Waals surface area contributed by atoms with E-state index in [1.807, 2.05) is 6.92 Å². The molecule has 0 saturated heterocycles. The predicted molar refractivity (Wildman–Crippen MR) is 86.3 cm³/mol. The molecule has 5 heteroatoms. The molecular weight excluding hydrogens is 268 g/mol. The van der Waals surface area contributed by atoms with Crippen molar-refractivity contribution >= 4 is 23.0 Å². The van der Waals surface area contributed by atoms with Gasteiger partial charge in [-0.25, -0.2) is 9.97 Å². The number of aryl methyl sites for hydroxylation is 1. The minimum atomic E-state index is 0.270. The second-order valence-corrected chi connectivity index (χ2v) is 6.17. The van der Waals surface area contributed by atoms with Gasteiger partial charge in [-0.3, -0.25) is 0 Å². The summed E-state index contributed by atoms with van der Waals surface area (Å²) in [5, 5.41) is 5.54. The van der Waals surface area contributed by atoms with Crippen LogP contribution in [-0.4, -0.2) is 9.97 Å². The van der Waals surface area contributed by atoms with Crippen LogP contribution in [0.25, 0.3) is 0 Å². The molecule has 2 heterocycles. The van der Waals surface area contributed by atoms with Gasteiger partial charge >= 0.3 is 0 Å². The van der Waals surface area contributed by atoms with Crippen molar-refractivity contribution in [2.45, 2.75) is 46.6 Å². The second kappa shape index (κ2) is 6.22. The minimum absolute atomic E-state index is 0.270. The fourth-order valence-electron chi connectivity index (χ4n) is 1.98. The number of thiophene rings is 1. The number of anilines is 2. The third kappa shape index (κ3) is 3.10. The van der Waals surface area contributed by atoms with Gasteiger partial charge < -0.3 is 11.1 Å². The number of aromatic nitrogens is 2. The standard InChI is InChI=1S/C15H22N4S/c1-5-11-6-7-20-12(11)8-17-15-10(4)13(16)18-14(19-15)9(2)3/h6-7,9H,5,8H2,1-4H3,(H3,16,17,18,19). The summed E-state index contributed by atoms with van der Waals surface area (Å²) >= 11 is 1.78. The zero-order valence-electron chi connectivity index (χ0n) is 12.5. The van der Waals surface area contributed by atoms with Gasteiger partial charge in [-0.15, -0.1) is 11.3 Å². The molecule has 0 amide bonds. The van der Waals surface area contributed by atoms with Crippen LogP contribution < -0.4 is 11.1 Å². The minimum Gasteiger partial charge on any atom is -0.383 e. The Bertz CT molecular complexity index is 590. The van der Waals surface area contributed by atoms with Crippen LogP contribution in [0.15, 0.2) is 11.4 Å². The lowest BCUT2D eigenvalue weighted by Gasteiger charge is -2.13. The van der Waals surface area contributed by atoms with Gasteiger partial charge in [-0.2, -0.15) is 0 Å². The van der Waals surface area contributed by atoms with Crippen LogP contribution in [0.3, 0.4) is 0 Å². The average Bonchev–Trinajstić information content (AvgIpc) is 2.87. The third-order valence-electron chi connectivity index (χ3n) is 3.35. The van der Waals surface area contributed by atoms with E-state index in [0.29, 0.717) is 5.82 Å². The van der Waals surface area contributed by atoms with Gasteiger partial charge in [0.05, 0.1) is 6.54 Å². The van der Waals surface area contributed by atoms with Crippen LogP contribution in [0.2, 0.25) is 0 Å². The molecule has 0 radical (unpaired) electrons. The summed E-state index contributed by atoms with van der Waals surface area (Å²) in [5.74, 6) is 2.47. The highest BCUT2D eigenvalue weighted by Crippen LogP contribution is 2.23. The van der Waals surface area contributed by atoms with Gasteiger partial charge in [0.2, 0.25) is 0 Å². The summed E-state index contributed by atoms with van der Waals surface area (Å²) in [6.07, 6.45) is 1.06. The predicted octanol–water partition coefficient (Wildman–Crippen LogP) is 3.73. The number of nitrogens with zero attached hydrogens (tertiary/aromatic N) is 2. The number of hydrogen-bond acceptors (Lipinski definition) is 5. The lowest BCUT2D eigenvalue weighted by molar-refractivity contribution is 0.774. The maximum absolute atomic E-state index is 5.98. The summed E-state index contributed by atoms with van der Waals surface area (Å²) in [7, 11) is 0. The number of nitrogen functional groups attached to an aromatic ring is 1. The molecule has 0 atom stereocenters. The smallest absolute Gasteiger partial charge is 0.135 e. The summed E-state index contributed by atoms with van der Waals surface area (Å²) < 4.78 is 0. The quantitative estimate of drug-likeness (QED) is 0.880. The van der Waals surface area contributed by atoms with E-state index in [4.69, 9.17) is 5.73 Å². The first-order valence-electron chi connectivity index (χ1n) is 6.96. The molecule has 0 unspecified atom stereocenters. The van der Waals surface area contributed by atoms with Gasteiger partial charge in [-0.1, -0.05) is 20.8 Å². The molecule has 2 aromatic heterocycles. The van der Waals surface area contributed by atoms with Gasteiger partial charge in [-0.05, 0) is 30.4 Å². The highest BCUT2D eigenvalue weighted by Gasteiger charge is 2.11. The van der Waals surface area contributed by atoms with Crippen molar-refractivity contribution in [1.29, 1.82) is 0 Å². The molecule has 2 aromatic rings. The lowest BCUT2D eigenvalue weighted by atomic mass is 10.2. The largest absolute Gasteiger partial charge is 0.383 e. The molecule has 0 aliphatic rings. The molecule has 4 nitrogen and oxygen atoms in total. The van der Waals surface area contributed by atoms with E-state index in [0.717, 1.165) is 30.2 Å². The molecule has 0 aromatic carbocycles.